The van der Waals surface area contributed by atoms with Crippen molar-refractivity contribution in [1.29, 1.82) is 0 Å². The molecule has 7 nitrogen and oxygen atoms in total. The van der Waals surface area contributed by atoms with Crippen molar-refractivity contribution in [2.75, 3.05) is 28.4 Å². The van der Waals surface area contributed by atoms with Crippen LogP contribution >= 0.6 is 11.6 Å². The molecule has 0 radical (unpaired) electrons. The van der Waals surface area contributed by atoms with E-state index in [9.17, 15) is 0 Å². The summed E-state index contributed by atoms with van der Waals surface area (Å²) in [6.07, 6.45) is 1.64. The predicted octanol–water partition coefficient (Wildman–Crippen LogP) is 5.24. The van der Waals surface area contributed by atoms with E-state index in [1.54, 1.807) is 34.6 Å². The lowest BCUT2D eigenvalue weighted by Gasteiger charge is -2.14. The van der Waals surface area contributed by atoms with Crippen molar-refractivity contribution in [3.8, 4) is 45.4 Å². The fraction of sp³-hybridized carbons (Fsp3) is 0.182. The number of furan rings is 1. The van der Waals surface area contributed by atoms with Gasteiger partial charge in [-0.1, -0.05) is 0 Å². The van der Waals surface area contributed by atoms with Gasteiger partial charge in [0.1, 0.15) is 11.5 Å². The van der Waals surface area contributed by atoms with Crippen LogP contribution in [0.5, 0.6) is 23.0 Å². The molecule has 0 amide bonds. The summed E-state index contributed by atoms with van der Waals surface area (Å²) in [6.45, 7) is 0. The van der Waals surface area contributed by atoms with Crippen LogP contribution in [-0.2, 0) is 0 Å². The lowest BCUT2D eigenvalue weighted by atomic mass is 9.99. The summed E-state index contributed by atoms with van der Waals surface area (Å²) < 4.78 is 27.9. The van der Waals surface area contributed by atoms with Crippen molar-refractivity contribution in [2.45, 2.75) is 0 Å². The molecule has 0 aliphatic heterocycles. The van der Waals surface area contributed by atoms with Crippen LogP contribution < -0.4 is 18.9 Å². The van der Waals surface area contributed by atoms with E-state index in [0.29, 0.717) is 34.1 Å². The Morgan fingerprint density at radius 2 is 1.50 bits per heavy atom. The van der Waals surface area contributed by atoms with E-state index in [0.717, 1.165) is 22.4 Å². The van der Waals surface area contributed by atoms with Gasteiger partial charge in [-0.15, -0.1) is 0 Å². The molecule has 0 N–H and O–H groups in total. The zero-order valence-electron chi connectivity index (χ0n) is 16.9. The molecular formula is C22H19ClN2O5. The molecule has 2 heterocycles. The first-order valence-corrected chi connectivity index (χ1v) is 9.37. The molecule has 2 aromatic heterocycles. The average molecular weight is 427 g/mol. The van der Waals surface area contributed by atoms with Crippen LogP contribution in [0.3, 0.4) is 0 Å². The summed E-state index contributed by atoms with van der Waals surface area (Å²) in [5.74, 6) is 2.90. The van der Waals surface area contributed by atoms with Gasteiger partial charge in [-0.25, -0.2) is 4.98 Å². The monoisotopic (exact) mass is 426 g/mol. The van der Waals surface area contributed by atoms with Crippen molar-refractivity contribution < 1.29 is 23.4 Å². The quantitative estimate of drug-likeness (QED) is 0.390. The second kappa shape index (κ2) is 8.12. The Labute approximate surface area is 178 Å². The summed E-state index contributed by atoms with van der Waals surface area (Å²) in [5.41, 5.74) is 2.80. The average Bonchev–Trinajstić information content (AvgIpc) is 3.16. The number of halogens is 1. The molecule has 8 heteroatoms. The van der Waals surface area contributed by atoms with E-state index >= 15 is 0 Å². The highest BCUT2D eigenvalue weighted by atomic mass is 35.5. The van der Waals surface area contributed by atoms with Crippen LogP contribution in [0.15, 0.2) is 47.0 Å². The molecule has 0 fully saturated rings. The molecule has 4 rings (SSSR count). The summed E-state index contributed by atoms with van der Waals surface area (Å²) in [6, 6.07) is 11.3. The van der Waals surface area contributed by atoms with Crippen LogP contribution in [0, 0.1) is 0 Å². The van der Waals surface area contributed by atoms with Gasteiger partial charge in [-0.05, 0) is 53.6 Å². The van der Waals surface area contributed by atoms with E-state index in [1.807, 2.05) is 36.4 Å². The lowest BCUT2D eigenvalue weighted by molar-refractivity contribution is 0.324. The number of ether oxygens (including phenoxy) is 4. The van der Waals surface area contributed by atoms with E-state index in [1.165, 1.54) is 0 Å². The zero-order chi connectivity index (χ0) is 21.3. The maximum atomic E-state index is 6.11. The maximum absolute atomic E-state index is 6.11. The maximum Gasteiger partial charge on any atom is 0.231 e. The van der Waals surface area contributed by atoms with Gasteiger partial charge in [0.2, 0.25) is 16.7 Å². The topological polar surface area (TPSA) is 75.8 Å². The first kappa shape index (κ1) is 19.8. The van der Waals surface area contributed by atoms with Crippen molar-refractivity contribution in [2.24, 2.45) is 0 Å². The molecule has 0 spiro atoms. The van der Waals surface area contributed by atoms with Gasteiger partial charge in [-0.2, -0.15) is 4.98 Å². The van der Waals surface area contributed by atoms with Gasteiger partial charge < -0.3 is 23.4 Å². The summed E-state index contributed by atoms with van der Waals surface area (Å²) in [7, 11) is 6.32. The van der Waals surface area contributed by atoms with Gasteiger partial charge >= 0.3 is 0 Å². The van der Waals surface area contributed by atoms with Crippen LogP contribution in [-0.4, -0.2) is 38.4 Å². The van der Waals surface area contributed by atoms with Crippen molar-refractivity contribution in [3.05, 3.63) is 47.9 Å². The minimum absolute atomic E-state index is 0.106. The Morgan fingerprint density at radius 1 is 0.833 bits per heavy atom. The molecule has 154 valence electrons. The van der Waals surface area contributed by atoms with Crippen molar-refractivity contribution in [1.82, 2.24) is 9.97 Å². The smallest absolute Gasteiger partial charge is 0.231 e. The third-order valence-electron chi connectivity index (χ3n) is 4.73. The van der Waals surface area contributed by atoms with Crippen LogP contribution in [0.4, 0.5) is 0 Å². The molecule has 4 aromatic rings. The highest BCUT2D eigenvalue weighted by Crippen LogP contribution is 2.46. The minimum Gasteiger partial charge on any atom is -0.497 e. The Kier molecular flexibility index (Phi) is 5.37. The second-order valence-corrected chi connectivity index (χ2v) is 6.64. The molecule has 2 aromatic carbocycles. The highest BCUT2D eigenvalue weighted by molar-refractivity contribution is 6.28. The summed E-state index contributed by atoms with van der Waals surface area (Å²) in [4.78, 5) is 8.37. The standard InChI is InChI=1S/C22H19ClN2O5/c1-26-14-7-5-12(6-8-14)19-18(15-11-24-22(23)25-21(15)30-19)13-9-16(27-2)20(29-4)17(10-13)28-3/h5-11H,1-4H3. The number of methoxy groups -OCH3 is 4. The molecule has 0 bridgehead atoms. The molecule has 0 aliphatic rings. The largest absolute Gasteiger partial charge is 0.497 e. The van der Waals surface area contributed by atoms with Gasteiger partial charge in [-0.3, -0.25) is 0 Å². The number of hydrogen-bond acceptors (Lipinski definition) is 7. The van der Waals surface area contributed by atoms with Crippen molar-refractivity contribution >= 4 is 22.7 Å². The third-order valence-corrected chi connectivity index (χ3v) is 4.91. The van der Waals surface area contributed by atoms with Gasteiger partial charge in [0.15, 0.2) is 11.5 Å². The van der Waals surface area contributed by atoms with Crippen LogP contribution in [0.1, 0.15) is 0 Å². The van der Waals surface area contributed by atoms with Crippen LogP contribution in [0.25, 0.3) is 33.6 Å². The number of aromatic nitrogens is 2. The molecule has 0 saturated carbocycles. The Hall–Kier alpha value is -3.45. The summed E-state index contributed by atoms with van der Waals surface area (Å²) >= 11 is 5.99. The molecule has 0 saturated heterocycles. The zero-order valence-corrected chi connectivity index (χ0v) is 17.6. The number of benzene rings is 2. The van der Waals surface area contributed by atoms with E-state index < -0.39 is 0 Å². The highest BCUT2D eigenvalue weighted by Gasteiger charge is 2.23. The molecule has 30 heavy (non-hydrogen) atoms. The minimum atomic E-state index is 0.106. The van der Waals surface area contributed by atoms with Gasteiger partial charge in [0, 0.05) is 17.3 Å². The Balaban J connectivity index is 2.02. The normalized spacial score (nSPS) is 10.8. The molecule has 0 atom stereocenters. The SMILES string of the molecule is COc1ccc(-c2oc3nc(Cl)ncc3c2-c2cc(OC)c(OC)c(OC)c2)cc1. The fourth-order valence-corrected chi connectivity index (χ4v) is 3.45. The fourth-order valence-electron chi connectivity index (χ4n) is 3.32. The first-order chi connectivity index (χ1) is 14.6. The molecular weight excluding hydrogens is 408 g/mol. The van der Waals surface area contributed by atoms with E-state index in [-0.39, 0.29) is 5.28 Å². The van der Waals surface area contributed by atoms with Gasteiger partial charge in [0.05, 0.1) is 33.8 Å². The van der Waals surface area contributed by atoms with Crippen LogP contribution in [0.2, 0.25) is 5.28 Å². The molecule has 0 aliphatic carbocycles. The summed E-state index contributed by atoms with van der Waals surface area (Å²) in [5, 5.41) is 0.813. The second-order valence-electron chi connectivity index (χ2n) is 6.31. The first-order valence-electron chi connectivity index (χ1n) is 8.99. The number of nitrogens with zero attached hydrogens (tertiary/aromatic N) is 2. The number of rotatable bonds is 6. The predicted molar refractivity (Wildman–Crippen MR) is 114 cm³/mol. The lowest BCUT2D eigenvalue weighted by Crippen LogP contribution is -1.96. The third kappa shape index (κ3) is 3.37. The number of fused-ring (bicyclic) bond motifs is 1. The van der Waals surface area contributed by atoms with E-state index in [2.05, 4.69) is 9.97 Å². The Morgan fingerprint density at radius 3 is 2.07 bits per heavy atom. The van der Waals surface area contributed by atoms with Crippen molar-refractivity contribution in [3.63, 3.8) is 0 Å². The molecule has 0 unspecified atom stereocenters. The van der Waals surface area contributed by atoms with E-state index in [4.69, 9.17) is 35.0 Å². The van der Waals surface area contributed by atoms with Gasteiger partial charge in [0.25, 0.3) is 0 Å². The number of hydrogen-bond donors (Lipinski definition) is 0. The Bertz CT molecular complexity index is 1180.